The van der Waals surface area contributed by atoms with E-state index in [2.05, 4.69) is 24.7 Å². The fourth-order valence-electron chi connectivity index (χ4n) is 1.65. The van der Waals surface area contributed by atoms with Crippen molar-refractivity contribution in [1.29, 1.82) is 0 Å². The van der Waals surface area contributed by atoms with Gasteiger partial charge in [0.15, 0.2) is 0 Å². The Morgan fingerprint density at radius 2 is 2.33 bits per heavy atom. The van der Waals surface area contributed by atoms with Gasteiger partial charge in [-0.1, -0.05) is 12.8 Å². The van der Waals surface area contributed by atoms with E-state index in [0.29, 0.717) is 12.0 Å². The molecule has 0 bridgehead atoms. The maximum Gasteiger partial charge on any atom is 0.0683 e. The van der Waals surface area contributed by atoms with Crippen molar-refractivity contribution in [2.24, 2.45) is 11.7 Å². The summed E-state index contributed by atoms with van der Waals surface area (Å²) >= 11 is 0. The van der Waals surface area contributed by atoms with Crippen molar-refractivity contribution in [3.05, 3.63) is 0 Å². The largest absolute Gasteiger partial charge is 0.327 e. The number of terminal acetylenes is 1. The molecule has 2 nitrogen and oxygen atoms in total. The Morgan fingerprint density at radius 3 is 2.83 bits per heavy atom. The number of rotatable bonds is 1. The molecule has 3 atom stereocenters. The Bertz CT molecular complexity index is 183. The number of hydrogen-bond donors (Lipinski definition) is 1. The molecule has 12 heavy (non-hydrogen) atoms. The van der Waals surface area contributed by atoms with Crippen LogP contribution in [0.1, 0.15) is 20.3 Å². The monoisotopic (exact) mass is 166 g/mol. The van der Waals surface area contributed by atoms with Gasteiger partial charge >= 0.3 is 0 Å². The average molecular weight is 166 g/mol. The van der Waals surface area contributed by atoms with Crippen LogP contribution >= 0.6 is 0 Å². The van der Waals surface area contributed by atoms with E-state index in [1.54, 1.807) is 0 Å². The average Bonchev–Trinajstić information content (AvgIpc) is 2.08. The predicted molar refractivity (Wildman–Crippen MR) is 51.6 cm³/mol. The number of hydrogen-bond acceptors (Lipinski definition) is 2. The Morgan fingerprint density at radius 1 is 1.67 bits per heavy atom. The first-order chi connectivity index (χ1) is 5.65. The highest BCUT2D eigenvalue weighted by Crippen LogP contribution is 2.16. The first-order valence-corrected chi connectivity index (χ1v) is 4.61. The van der Waals surface area contributed by atoms with Gasteiger partial charge in [0, 0.05) is 19.1 Å². The van der Waals surface area contributed by atoms with Crippen LogP contribution in [-0.2, 0) is 0 Å². The molecule has 1 rings (SSSR count). The number of nitrogens with two attached hydrogens (primary N) is 1. The predicted octanol–water partition coefficient (Wildman–Crippen LogP) is 0.677. The van der Waals surface area contributed by atoms with Crippen molar-refractivity contribution in [3.63, 3.8) is 0 Å². The summed E-state index contributed by atoms with van der Waals surface area (Å²) in [5.41, 5.74) is 5.90. The summed E-state index contributed by atoms with van der Waals surface area (Å²) < 4.78 is 0. The zero-order valence-electron chi connectivity index (χ0n) is 7.96. The van der Waals surface area contributed by atoms with E-state index in [4.69, 9.17) is 12.2 Å². The Balaban J connectivity index is 2.46. The summed E-state index contributed by atoms with van der Waals surface area (Å²) in [6.45, 7) is 6.37. The fraction of sp³-hybridized carbons (Fsp3) is 0.800. The summed E-state index contributed by atoms with van der Waals surface area (Å²) in [6, 6.07) is 0.631. The molecule has 1 heterocycles. The van der Waals surface area contributed by atoms with Gasteiger partial charge in [0.25, 0.3) is 0 Å². The second-order valence-corrected chi connectivity index (χ2v) is 3.77. The highest BCUT2D eigenvalue weighted by atomic mass is 15.2. The third-order valence-electron chi connectivity index (χ3n) is 2.79. The lowest BCUT2D eigenvalue weighted by Crippen LogP contribution is -2.48. The standard InChI is InChI=1S/C10H18N2/c1-4-9(3)12-6-5-10(11)8(2)7-12/h1,8-10H,5-7,11H2,2-3H3. The molecule has 68 valence electrons. The quantitative estimate of drug-likeness (QED) is 0.580. The molecular weight excluding hydrogens is 148 g/mol. The van der Waals surface area contributed by atoms with Gasteiger partial charge in [-0.2, -0.15) is 0 Å². The van der Waals surface area contributed by atoms with Crippen molar-refractivity contribution in [1.82, 2.24) is 4.90 Å². The molecular formula is C10H18N2. The summed E-state index contributed by atoms with van der Waals surface area (Å²) in [6.07, 6.45) is 6.44. The first-order valence-electron chi connectivity index (χ1n) is 4.61. The van der Waals surface area contributed by atoms with E-state index in [1.807, 2.05) is 0 Å². The molecule has 0 amide bonds. The fourth-order valence-corrected chi connectivity index (χ4v) is 1.65. The molecule has 1 fully saturated rings. The SMILES string of the molecule is C#CC(C)N1CCC(N)C(C)C1. The van der Waals surface area contributed by atoms with Gasteiger partial charge in [0.1, 0.15) is 0 Å². The topological polar surface area (TPSA) is 29.3 Å². The molecule has 0 aromatic heterocycles. The van der Waals surface area contributed by atoms with Crippen molar-refractivity contribution < 1.29 is 0 Å². The minimum absolute atomic E-state index is 0.264. The zero-order chi connectivity index (χ0) is 9.14. The highest BCUT2D eigenvalue weighted by molar-refractivity contribution is 4.99. The number of nitrogens with zero attached hydrogens (tertiary/aromatic N) is 1. The maximum atomic E-state index is 5.90. The maximum absolute atomic E-state index is 5.90. The highest BCUT2D eigenvalue weighted by Gasteiger charge is 2.24. The van der Waals surface area contributed by atoms with Crippen LogP contribution in [0.4, 0.5) is 0 Å². The number of likely N-dealkylation sites (tertiary alicyclic amines) is 1. The molecule has 1 aliphatic heterocycles. The summed E-state index contributed by atoms with van der Waals surface area (Å²) in [5, 5.41) is 0. The lowest BCUT2D eigenvalue weighted by Gasteiger charge is -2.36. The van der Waals surface area contributed by atoms with Crippen molar-refractivity contribution >= 4 is 0 Å². The molecule has 0 aromatic carbocycles. The van der Waals surface area contributed by atoms with Crippen LogP contribution in [0.3, 0.4) is 0 Å². The Kier molecular flexibility index (Phi) is 3.13. The molecule has 0 saturated carbocycles. The molecule has 0 spiro atoms. The normalized spacial score (nSPS) is 34.2. The van der Waals surface area contributed by atoms with Gasteiger partial charge in [-0.25, -0.2) is 0 Å². The van der Waals surface area contributed by atoms with E-state index in [-0.39, 0.29) is 6.04 Å². The van der Waals surface area contributed by atoms with Crippen LogP contribution < -0.4 is 5.73 Å². The smallest absolute Gasteiger partial charge is 0.0683 e. The minimum Gasteiger partial charge on any atom is -0.327 e. The molecule has 3 unspecified atom stereocenters. The lowest BCUT2D eigenvalue weighted by molar-refractivity contribution is 0.147. The lowest BCUT2D eigenvalue weighted by atomic mass is 9.94. The van der Waals surface area contributed by atoms with Gasteiger partial charge in [0.05, 0.1) is 6.04 Å². The molecule has 2 N–H and O–H groups in total. The van der Waals surface area contributed by atoms with Crippen LogP contribution in [0.25, 0.3) is 0 Å². The second kappa shape index (κ2) is 3.93. The minimum atomic E-state index is 0.264. The van der Waals surface area contributed by atoms with Crippen LogP contribution in [0.5, 0.6) is 0 Å². The molecule has 1 saturated heterocycles. The van der Waals surface area contributed by atoms with E-state index >= 15 is 0 Å². The van der Waals surface area contributed by atoms with Gasteiger partial charge in [0.2, 0.25) is 0 Å². The van der Waals surface area contributed by atoms with E-state index in [1.165, 1.54) is 0 Å². The van der Waals surface area contributed by atoms with Crippen LogP contribution in [0.2, 0.25) is 0 Å². The molecule has 0 aromatic rings. The Hall–Kier alpha value is -0.520. The van der Waals surface area contributed by atoms with Crippen molar-refractivity contribution in [3.8, 4) is 12.3 Å². The summed E-state index contributed by atoms with van der Waals surface area (Å²) in [5.74, 6) is 3.33. The van der Waals surface area contributed by atoms with E-state index in [9.17, 15) is 0 Å². The van der Waals surface area contributed by atoms with Gasteiger partial charge in [-0.3, -0.25) is 4.90 Å². The van der Waals surface area contributed by atoms with Crippen molar-refractivity contribution in [2.45, 2.75) is 32.4 Å². The van der Waals surface area contributed by atoms with Crippen LogP contribution in [-0.4, -0.2) is 30.1 Å². The number of piperidine rings is 1. The van der Waals surface area contributed by atoms with E-state index in [0.717, 1.165) is 19.5 Å². The van der Waals surface area contributed by atoms with Crippen LogP contribution in [0.15, 0.2) is 0 Å². The van der Waals surface area contributed by atoms with Gasteiger partial charge in [-0.05, 0) is 19.3 Å². The summed E-state index contributed by atoms with van der Waals surface area (Å²) in [4.78, 5) is 2.33. The summed E-state index contributed by atoms with van der Waals surface area (Å²) in [7, 11) is 0. The molecule has 1 aliphatic rings. The molecule has 0 radical (unpaired) electrons. The zero-order valence-corrected chi connectivity index (χ0v) is 7.96. The molecule has 2 heteroatoms. The van der Waals surface area contributed by atoms with Crippen molar-refractivity contribution in [2.75, 3.05) is 13.1 Å². The first kappa shape index (κ1) is 9.57. The third-order valence-corrected chi connectivity index (χ3v) is 2.79. The van der Waals surface area contributed by atoms with E-state index < -0.39 is 0 Å². The molecule has 0 aliphatic carbocycles. The van der Waals surface area contributed by atoms with Gasteiger partial charge in [-0.15, -0.1) is 6.42 Å². The van der Waals surface area contributed by atoms with Crippen LogP contribution in [0, 0.1) is 18.3 Å². The third kappa shape index (κ3) is 2.00. The Labute approximate surface area is 75.1 Å². The second-order valence-electron chi connectivity index (χ2n) is 3.77. The van der Waals surface area contributed by atoms with Gasteiger partial charge < -0.3 is 5.73 Å².